The van der Waals surface area contributed by atoms with Crippen LogP contribution in [0.25, 0.3) is 6.08 Å². The van der Waals surface area contributed by atoms with E-state index in [-0.39, 0.29) is 25.7 Å². The number of nitrogens with zero attached hydrogens (tertiary/aromatic N) is 1. The van der Waals surface area contributed by atoms with Crippen molar-refractivity contribution < 1.29 is 28.7 Å². The van der Waals surface area contributed by atoms with Gasteiger partial charge >= 0.3 is 5.97 Å². The molecule has 146 valence electrons. The molecule has 0 fully saturated rings. The molecule has 1 aliphatic heterocycles. The topological polar surface area (TPSA) is 97.1 Å². The predicted octanol–water partition coefficient (Wildman–Crippen LogP) is 3.99. The Kier molecular flexibility index (Phi) is 6.27. The van der Waals surface area contributed by atoms with Crippen molar-refractivity contribution in [2.45, 2.75) is 13.2 Å². The molecule has 0 aromatic heterocycles. The Balaban J connectivity index is 1.73. The van der Waals surface area contributed by atoms with Gasteiger partial charge in [-0.15, -0.1) is 0 Å². The molecule has 0 radical (unpaired) electrons. The fourth-order valence-corrected chi connectivity index (χ4v) is 3.06. The van der Waals surface area contributed by atoms with Gasteiger partial charge in [-0.1, -0.05) is 15.9 Å². The Labute approximate surface area is 168 Å². The summed E-state index contributed by atoms with van der Waals surface area (Å²) in [5.74, 6) is 0.449. The molecule has 1 heterocycles. The molecule has 28 heavy (non-hydrogen) atoms. The van der Waals surface area contributed by atoms with Gasteiger partial charge in [0, 0.05) is 39.4 Å². The molecule has 0 bridgehead atoms. The lowest BCUT2D eigenvalue weighted by atomic mass is 10.1. The van der Waals surface area contributed by atoms with Crippen molar-refractivity contribution in [3.05, 3.63) is 67.7 Å². The van der Waals surface area contributed by atoms with E-state index in [4.69, 9.17) is 18.9 Å². The summed E-state index contributed by atoms with van der Waals surface area (Å²) < 4.78 is 21.9. The van der Waals surface area contributed by atoms with Crippen molar-refractivity contribution in [2.75, 3.05) is 13.9 Å². The summed E-state index contributed by atoms with van der Waals surface area (Å²) in [6.45, 7) is 0.0672. The van der Waals surface area contributed by atoms with Crippen LogP contribution in [0.3, 0.4) is 0 Å². The van der Waals surface area contributed by atoms with Crippen LogP contribution in [-0.4, -0.2) is 24.8 Å². The normalized spacial score (nSPS) is 12.9. The van der Waals surface area contributed by atoms with Crippen LogP contribution in [0, 0.1) is 10.1 Å². The molecular weight excluding hydrogens is 434 g/mol. The van der Waals surface area contributed by atoms with Gasteiger partial charge in [0.25, 0.3) is 5.69 Å². The van der Waals surface area contributed by atoms with Gasteiger partial charge in [0.15, 0.2) is 6.79 Å². The fourth-order valence-electron chi connectivity index (χ4n) is 2.68. The average Bonchev–Trinajstić information content (AvgIpc) is 2.70. The average molecular weight is 450 g/mol. The number of ether oxygens (including phenoxy) is 4. The maximum absolute atomic E-state index is 12.1. The Morgan fingerprint density at radius 1 is 1.36 bits per heavy atom. The van der Waals surface area contributed by atoms with E-state index in [1.165, 1.54) is 25.3 Å². The van der Waals surface area contributed by atoms with Crippen molar-refractivity contribution in [2.24, 2.45) is 0 Å². The number of benzene rings is 2. The Morgan fingerprint density at radius 2 is 2.18 bits per heavy atom. The number of carbonyl (C=O) groups is 1. The van der Waals surface area contributed by atoms with Crippen LogP contribution >= 0.6 is 15.9 Å². The quantitative estimate of drug-likeness (QED) is 0.284. The summed E-state index contributed by atoms with van der Waals surface area (Å²) in [6.07, 6.45) is 2.83. The molecule has 3 rings (SSSR count). The van der Waals surface area contributed by atoms with Crippen molar-refractivity contribution in [1.29, 1.82) is 0 Å². The highest BCUT2D eigenvalue weighted by Gasteiger charge is 2.21. The second-order valence-electron chi connectivity index (χ2n) is 5.79. The molecule has 0 aliphatic carbocycles. The zero-order valence-corrected chi connectivity index (χ0v) is 16.4. The number of nitro benzene ring substituents is 1. The monoisotopic (exact) mass is 449 g/mol. The number of fused-ring (bicyclic) bond motifs is 1. The number of rotatable bonds is 6. The molecule has 0 amide bonds. The third-order valence-electron chi connectivity index (χ3n) is 3.94. The van der Waals surface area contributed by atoms with Crippen LogP contribution in [0.4, 0.5) is 5.69 Å². The number of carbonyl (C=O) groups excluding carboxylic acids is 1. The fraction of sp³-hybridized carbons (Fsp3) is 0.211. The lowest BCUT2D eigenvalue weighted by Crippen LogP contribution is -2.14. The first-order chi connectivity index (χ1) is 13.5. The number of nitro groups is 1. The first-order valence-corrected chi connectivity index (χ1v) is 8.96. The second kappa shape index (κ2) is 8.85. The van der Waals surface area contributed by atoms with E-state index < -0.39 is 10.9 Å². The highest BCUT2D eigenvalue weighted by atomic mass is 79.9. The summed E-state index contributed by atoms with van der Waals surface area (Å²) in [5, 5.41) is 11.1. The largest absolute Gasteiger partial charge is 0.496 e. The van der Waals surface area contributed by atoms with E-state index in [1.54, 1.807) is 18.2 Å². The number of non-ortho nitro benzene ring substituents is 1. The number of hydrogen-bond donors (Lipinski definition) is 0. The summed E-state index contributed by atoms with van der Waals surface area (Å²) in [6, 6.07) is 8.11. The molecule has 2 aromatic rings. The van der Waals surface area contributed by atoms with E-state index in [9.17, 15) is 14.9 Å². The lowest BCUT2D eigenvalue weighted by molar-refractivity contribution is -0.385. The molecule has 0 spiro atoms. The van der Waals surface area contributed by atoms with Gasteiger partial charge in [-0.3, -0.25) is 10.1 Å². The predicted molar refractivity (Wildman–Crippen MR) is 103 cm³/mol. The maximum atomic E-state index is 12.1. The molecule has 0 unspecified atom stereocenters. The molecule has 0 saturated carbocycles. The third kappa shape index (κ3) is 4.68. The molecule has 0 atom stereocenters. The van der Waals surface area contributed by atoms with Crippen molar-refractivity contribution in [3.8, 4) is 11.5 Å². The zero-order chi connectivity index (χ0) is 20.1. The van der Waals surface area contributed by atoms with Crippen LogP contribution in [-0.2, 0) is 27.5 Å². The first-order valence-electron chi connectivity index (χ1n) is 8.17. The highest BCUT2D eigenvalue weighted by molar-refractivity contribution is 9.10. The second-order valence-corrected chi connectivity index (χ2v) is 6.70. The van der Waals surface area contributed by atoms with Crippen molar-refractivity contribution in [1.82, 2.24) is 0 Å². The zero-order valence-electron chi connectivity index (χ0n) is 14.8. The number of esters is 1. The minimum atomic E-state index is -0.602. The third-order valence-corrected chi connectivity index (χ3v) is 4.44. The first kappa shape index (κ1) is 19.8. The van der Waals surface area contributed by atoms with E-state index >= 15 is 0 Å². The van der Waals surface area contributed by atoms with E-state index in [0.29, 0.717) is 28.2 Å². The van der Waals surface area contributed by atoms with Gasteiger partial charge in [0.1, 0.15) is 18.1 Å². The van der Waals surface area contributed by atoms with Crippen LogP contribution in [0.1, 0.15) is 16.7 Å². The van der Waals surface area contributed by atoms with Crippen LogP contribution in [0.15, 0.2) is 40.9 Å². The molecule has 1 aliphatic rings. The summed E-state index contributed by atoms with van der Waals surface area (Å²) >= 11 is 3.36. The number of halogens is 1. The number of hydrogen-bond acceptors (Lipinski definition) is 7. The molecule has 2 aromatic carbocycles. The van der Waals surface area contributed by atoms with E-state index in [1.807, 2.05) is 6.07 Å². The summed E-state index contributed by atoms with van der Waals surface area (Å²) in [4.78, 5) is 22.7. The highest BCUT2D eigenvalue weighted by Crippen LogP contribution is 2.33. The number of methoxy groups -OCH3 is 1. The van der Waals surface area contributed by atoms with Gasteiger partial charge in [-0.2, -0.15) is 0 Å². The molecule has 0 N–H and O–H groups in total. The van der Waals surface area contributed by atoms with E-state index in [0.717, 1.165) is 4.47 Å². The summed E-state index contributed by atoms with van der Waals surface area (Å²) in [7, 11) is 1.54. The van der Waals surface area contributed by atoms with Crippen molar-refractivity contribution in [3.63, 3.8) is 0 Å². The molecular formula is C19H16BrNO7. The minimum Gasteiger partial charge on any atom is -0.496 e. The Morgan fingerprint density at radius 3 is 2.93 bits per heavy atom. The summed E-state index contributed by atoms with van der Waals surface area (Å²) in [5.41, 5.74) is 1.53. The lowest BCUT2D eigenvalue weighted by Gasteiger charge is -2.20. The minimum absolute atomic E-state index is 0.0361. The Bertz CT molecular complexity index is 942. The van der Waals surface area contributed by atoms with Gasteiger partial charge < -0.3 is 18.9 Å². The SMILES string of the molecule is COc1ccc(Br)cc1/C=C/C(=O)OCc1cc([N+](=O)[O-])cc2c1OCOC2. The van der Waals surface area contributed by atoms with Gasteiger partial charge in [-0.05, 0) is 24.3 Å². The Hall–Kier alpha value is -2.91. The molecule has 8 nitrogen and oxygen atoms in total. The maximum Gasteiger partial charge on any atom is 0.331 e. The molecule has 9 heteroatoms. The smallest absolute Gasteiger partial charge is 0.331 e. The van der Waals surface area contributed by atoms with Gasteiger partial charge in [-0.25, -0.2) is 4.79 Å². The van der Waals surface area contributed by atoms with E-state index in [2.05, 4.69) is 15.9 Å². The van der Waals surface area contributed by atoms with Gasteiger partial charge in [0.05, 0.1) is 18.6 Å². The van der Waals surface area contributed by atoms with Crippen molar-refractivity contribution >= 4 is 33.7 Å². The van der Waals surface area contributed by atoms with Crippen LogP contribution in [0.2, 0.25) is 0 Å². The van der Waals surface area contributed by atoms with Crippen LogP contribution in [0.5, 0.6) is 11.5 Å². The van der Waals surface area contributed by atoms with Gasteiger partial charge in [0.2, 0.25) is 0 Å². The molecule has 0 saturated heterocycles. The van der Waals surface area contributed by atoms with Crippen LogP contribution < -0.4 is 9.47 Å². The standard InChI is InChI=1S/C19H16BrNO7/c1-25-17-4-3-15(20)6-12(17)2-5-18(22)27-10-14-8-16(21(23)24)7-13-9-26-11-28-19(13)14/h2-8H,9-11H2,1H3/b5-2+.